The molecule has 5 aromatic rings. The first kappa shape index (κ1) is 18.3. The summed E-state index contributed by atoms with van der Waals surface area (Å²) < 4.78 is 0. The molecule has 0 atom stereocenters. The lowest BCUT2D eigenvalue weighted by Crippen LogP contribution is -1.85. The van der Waals surface area contributed by atoms with Gasteiger partial charge < -0.3 is 10.2 Å². The highest BCUT2D eigenvalue weighted by Gasteiger charge is 2.08. The average Bonchev–Trinajstić information content (AvgIpc) is 2.78. The molecule has 0 aliphatic heterocycles. The maximum atomic E-state index is 9.96. The topological polar surface area (TPSA) is 40.5 Å². The van der Waals surface area contributed by atoms with E-state index in [-0.39, 0.29) is 0 Å². The molecule has 2 heteroatoms. The molecule has 0 bridgehead atoms. The first-order chi connectivity index (χ1) is 14.5. The Morgan fingerprint density at radius 3 is 1.37 bits per heavy atom. The van der Waals surface area contributed by atoms with Crippen molar-refractivity contribution in [1.82, 2.24) is 0 Å². The van der Waals surface area contributed by atoms with Crippen LogP contribution in [0.25, 0.3) is 43.8 Å². The lowest BCUT2D eigenvalue weighted by atomic mass is 9.94. The van der Waals surface area contributed by atoms with Crippen LogP contribution in [0.4, 0.5) is 0 Å². The molecule has 0 fully saturated rings. The van der Waals surface area contributed by atoms with Crippen molar-refractivity contribution in [3.63, 3.8) is 0 Å². The van der Waals surface area contributed by atoms with Crippen LogP contribution in [0.1, 0.15) is 11.1 Å². The van der Waals surface area contributed by atoms with Crippen molar-refractivity contribution in [1.29, 1.82) is 0 Å². The molecule has 2 nitrogen and oxygen atoms in total. The second-order valence-electron chi connectivity index (χ2n) is 7.87. The van der Waals surface area contributed by atoms with Gasteiger partial charge in [-0.3, -0.25) is 0 Å². The van der Waals surface area contributed by atoms with Gasteiger partial charge in [-0.1, -0.05) is 54.6 Å². The van der Waals surface area contributed by atoms with E-state index in [9.17, 15) is 10.2 Å². The van der Waals surface area contributed by atoms with Gasteiger partial charge in [-0.2, -0.15) is 0 Å². The van der Waals surface area contributed by atoms with Gasteiger partial charge in [0, 0.05) is 0 Å². The van der Waals surface area contributed by atoms with Gasteiger partial charge in [0.05, 0.1) is 0 Å². The Labute approximate surface area is 175 Å². The third-order valence-corrected chi connectivity index (χ3v) is 6.05. The standard InChI is InChI=1S/C28H22O2/c1-17-25-10-6-21(15-23(25)8-12-27(17)29)19-4-3-5-20(14-19)22-7-11-26-18(2)28(30)13-9-24(26)16-22/h3-16,29-30H,1-2H3. The fourth-order valence-electron chi connectivity index (χ4n) is 4.19. The van der Waals surface area contributed by atoms with Gasteiger partial charge in [0.15, 0.2) is 0 Å². The SMILES string of the molecule is Cc1c(O)ccc2cc(-c3cccc(-c4ccc5c(C)c(O)ccc5c4)c3)ccc12. The quantitative estimate of drug-likeness (QED) is 0.331. The minimum Gasteiger partial charge on any atom is -0.508 e. The van der Waals surface area contributed by atoms with Crippen molar-refractivity contribution in [2.75, 3.05) is 0 Å². The van der Waals surface area contributed by atoms with Crippen LogP contribution in [-0.2, 0) is 0 Å². The predicted molar refractivity (Wildman–Crippen MR) is 125 cm³/mol. The van der Waals surface area contributed by atoms with Gasteiger partial charge in [0.2, 0.25) is 0 Å². The molecule has 0 heterocycles. The smallest absolute Gasteiger partial charge is 0.119 e. The van der Waals surface area contributed by atoms with Crippen molar-refractivity contribution >= 4 is 21.5 Å². The van der Waals surface area contributed by atoms with Crippen LogP contribution in [0.15, 0.2) is 84.9 Å². The van der Waals surface area contributed by atoms with Crippen LogP contribution < -0.4 is 0 Å². The van der Waals surface area contributed by atoms with Crippen molar-refractivity contribution in [3.8, 4) is 33.8 Å². The predicted octanol–water partition coefficient (Wildman–Crippen LogP) is 7.36. The van der Waals surface area contributed by atoms with Crippen LogP contribution in [0, 0.1) is 13.8 Å². The molecule has 0 aliphatic rings. The fraction of sp³-hybridized carbons (Fsp3) is 0.0714. The molecule has 2 N–H and O–H groups in total. The Morgan fingerprint density at radius 1 is 0.467 bits per heavy atom. The number of hydrogen-bond acceptors (Lipinski definition) is 2. The number of phenols is 2. The van der Waals surface area contributed by atoms with Crippen LogP contribution in [0.5, 0.6) is 11.5 Å². The number of aromatic hydroxyl groups is 2. The van der Waals surface area contributed by atoms with Crippen LogP contribution in [-0.4, -0.2) is 10.2 Å². The number of hydrogen-bond donors (Lipinski definition) is 2. The summed E-state index contributed by atoms with van der Waals surface area (Å²) in [5, 5.41) is 24.3. The first-order valence-corrected chi connectivity index (χ1v) is 10.1. The van der Waals surface area contributed by atoms with Crippen LogP contribution in [0.2, 0.25) is 0 Å². The van der Waals surface area contributed by atoms with E-state index in [1.165, 1.54) is 0 Å². The Balaban J connectivity index is 1.59. The third-order valence-electron chi connectivity index (χ3n) is 6.05. The molecule has 0 saturated carbocycles. The third kappa shape index (κ3) is 2.98. The van der Waals surface area contributed by atoms with Crippen molar-refractivity contribution < 1.29 is 10.2 Å². The van der Waals surface area contributed by atoms with Gasteiger partial charge in [0.25, 0.3) is 0 Å². The largest absolute Gasteiger partial charge is 0.508 e. The van der Waals surface area contributed by atoms with E-state index < -0.39 is 0 Å². The molecule has 30 heavy (non-hydrogen) atoms. The summed E-state index contributed by atoms with van der Waals surface area (Å²) >= 11 is 0. The van der Waals surface area contributed by atoms with E-state index in [1.807, 2.05) is 26.0 Å². The molecule has 0 spiro atoms. The minimum absolute atomic E-state index is 0.331. The van der Waals surface area contributed by atoms with E-state index in [4.69, 9.17) is 0 Å². The lowest BCUT2D eigenvalue weighted by Gasteiger charge is -2.11. The monoisotopic (exact) mass is 390 g/mol. The number of benzene rings is 5. The minimum atomic E-state index is 0.331. The van der Waals surface area contributed by atoms with E-state index in [1.54, 1.807) is 12.1 Å². The Bertz CT molecular complexity index is 1320. The van der Waals surface area contributed by atoms with Crippen LogP contribution >= 0.6 is 0 Å². The zero-order valence-corrected chi connectivity index (χ0v) is 17.0. The summed E-state index contributed by atoms with van der Waals surface area (Å²) in [6.45, 7) is 3.89. The molecule has 5 rings (SSSR count). The molecule has 146 valence electrons. The summed E-state index contributed by atoms with van der Waals surface area (Å²) in [7, 11) is 0. The average molecular weight is 390 g/mol. The van der Waals surface area contributed by atoms with Gasteiger partial charge in [-0.25, -0.2) is 0 Å². The molecule has 0 aliphatic carbocycles. The number of aryl methyl sites for hydroxylation is 2. The molecule has 0 amide bonds. The zero-order valence-electron chi connectivity index (χ0n) is 17.0. The summed E-state index contributed by atoms with van der Waals surface area (Å²) in [6.07, 6.45) is 0. The lowest BCUT2D eigenvalue weighted by molar-refractivity contribution is 0.471. The molecule has 0 unspecified atom stereocenters. The Hall–Kier alpha value is -3.78. The van der Waals surface area contributed by atoms with E-state index >= 15 is 0 Å². The van der Waals surface area contributed by atoms with Crippen molar-refractivity contribution in [2.24, 2.45) is 0 Å². The van der Waals surface area contributed by atoms with Gasteiger partial charge in [-0.05, 0) is 99.1 Å². The molecule has 0 radical (unpaired) electrons. The maximum absolute atomic E-state index is 9.96. The summed E-state index contributed by atoms with van der Waals surface area (Å²) in [5.74, 6) is 0.661. The molecule has 0 aromatic heterocycles. The number of fused-ring (bicyclic) bond motifs is 2. The van der Waals surface area contributed by atoms with Gasteiger partial charge in [-0.15, -0.1) is 0 Å². The summed E-state index contributed by atoms with van der Waals surface area (Å²) in [6, 6.07) is 28.7. The van der Waals surface area contributed by atoms with E-state index in [0.717, 1.165) is 54.9 Å². The summed E-state index contributed by atoms with van der Waals surface area (Å²) in [5.41, 5.74) is 6.42. The van der Waals surface area contributed by atoms with Crippen molar-refractivity contribution in [3.05, 3.63) is 96.1 Å². The second kappa shape index (κ2) is 6.93. The molecule has 0 saturated heterocycles. The highest BCUT2D eigenvalue weighted by atomic mass is 16.3. The highest BCUT2D eigenvalue weighted by molar-refractivity contribution is 5.93. The normalized spacial score (nSPS) is 11.3. The van der Waals surface area contributed by atoms with Crippen molar-refractivity contribution in [2.45, 2.75) is 13.8 Å². The second-order valence-corrected chi connectivity index (χ2v) is 7.87. The zero-order chi connectivity index (χ0) is 20.8. The molecular formula is C28H22O2. The van der Waals surface area contributed by atoms with E-state index in [2.05, 4.69) is 60.7 Å². The van der Waals surface area contributed by atoms with Gasteiger partial charge >= 0.3 is 0 Å². The molecular weight excluding hydrogens is 368 g/mol. The van der Waals surface area contributed by atoms with Crippen LogP contribution in [0.3, 0.4) is 0 Å². The fourth-order valence-corrected chi connectivity index (χ4v) is 4.19. The number of phenolic OH excluding ortho intramolecular Hbond substituents is 2. The van der Waals surface area contributed by atoms with Gasteiger partial charge in [0.1, 0.15) is 11.5 Å². The highest BCUT2D eigenvalue weighted by Crippen LogP contribution is 2.34. The first-order valence-electron chi connectivity index (χ1n) is 10.1. The Morgan fingerprint density at radius 2 is 0.900 bits per heavy atom. The molecule has 5 aromatic carbocycles. The number of rotatable bonds is 2. The maximum Gasteiger partial charge on any atom is 0.119 e. The van der Waals surface area contributed by atoms with E-state index in [0.29, 0.717) is 11.5 Å². The summed E-state index contributed by atoms with van der Waals surface area (Å²) in [4.78, 5) is 0. The Kier molecular flexibility index (Phi) is 4.22.